The molecule has 84 valence electrons. The highest BCUT2D eigenvalue weighted by molar-refractivity contribution is 5.36. The minimum Gasteiger partial charge on any atom is -0.496 e. The van der Waals surface area contributed by atoms with Gasteiger partial charge in [-0.3, -0.25) is 0 Å². The molecule has 2 nitrogen and oxygen atoms in total. The first kappa shape index (κ1) is 11.8. The van der Waals surface area contributed by atoms with E-state index in [0.29, 0.717) is 6.07 Å². The number of ether oxygens (including phenoxy) is 1. The highest BCUT2D eigenvalue weighted by Crippen LogP contribution is 2.37. The standard InChI is InChI=1S/C9H8F4O2/c1-15-7-3-2-5(10)4-6(7)8(14)9(11,12)13/h2-4,8,14H,1H3. The first-order valence-electron chi connectivity index (χ1n) is 3.94. The maximum absolute atomic E-state index is 12.7. The van der Waals surface area contributed by atoms with Crippen molar-refractivity contribution in [3.8, 4) is 5.75 Å². The molecule has 0 aliphatic carbocycles. The van der Waals surface area contributed by atoms with Crippen molar-refractivity contribution in [2.75, 3.05) is 7.11 Å². The highest BCUT2D eigenvalue weighted by atomic mass is 19.4. The number of aliphatic hydroxyl groups is 1. The van der Waals surface area contributed by atoms with E-state index in [0.717, 1.165) is 19.2 Å². The maximum Gasteiger partial charge on any atom is 0.418 e. The Morgan fingerprint density at radius 3 is 2.40 bits per heavy atom. The molecule has 0 spiro atoms. The van der Waals surface area contributed by atoms with Crippen LogP contribution in [-0.4, -0.2) is 18.4 Å². The van der Waals surface area contributed by atoms with Gasteiger partial charge in [0.25, 0.3) is 0 Å². The quantitative estimate of drug-likeness (QED) is 0.782. The summed E-state index contributed by atoms with van der Waals surface area (Å²) in [5.74, 6) is -1.07. The molecule has 15 heavy (non-hydrogen) atoms. The second kappa shape index (κ2) is 4.06. The predicted octanol–water partition coefficient (Wildman–Crippen LogP) is 2.43. The fourth-order valence-electron chi connectivity index (χ4n) is 1.10. The summed E-state index contributed by atoms with van der Waals surface area (Å²) >= 11 is 0. The van der Waals surface area contributed by atoms with Crippen molar-refractivity contribution in [2.24, 2.45) is 0 Å². The zero-order valence-corrected chi connectivity index (χ0v) is 7.68. The number of methoxy groups -OCH3 is 1. The van der Waals surface area contributed by atoms with Crippen LogP contribution in [0.5, 0.6) is 5.75 Å². The van der Waals surface area contributed by atoms with Gasteiger partial charge in [0.15, 0.2) is 6.10 Å². The lowest BCUT2D eigenvalue weighted by Crippen LogP contribution is -2.20. The second-order valence-electron chi connectivity index (χ2n) is 2.83. The molecule has 1 rings (SSSR count). The molecule has 1 aromatic rings. The summed E-state index contributed by atoms with van der Waals surface area (Å²) < 4.78 is 53.8. The molecule has 0 radical (unpaired) electrons. The van der Waals surface area contributed by atoms with Crippen LogP contribution in [0.25, 0.3) is 0 Å². The first-order chi connectivity index (χ1) is 6.86. The van der Waals surface area contributed by atoms with E-state index in [1.807, 2.05) is 0 Å². The lowest BCUT2D eigenvalue weighted by atomic mass is 10.1. The van der Waals surface area contributed by atoms with E-state index in [9.17, 15) is 17.6 Å². The zero-order valence-electron chi connectivity index (χ0n) is 7.68. The number of halogens is 4. The highest BCUT2D eigenvalue weighted by Gasteiger charge is 2.41. The Balaban J connectivity index is 3.17. The Bertz CT molecular complexity index is 348. The molecule has 6 heteroatoms. The monoisotopic (exact) mass is 224 g/mol. The summed E-state index contributed by atoms with van der Waals surface area (Å²) in [6.45, 7) is 0. The maximum atomic E-state index is 12.7. The Labute approximate surface area is 83.1 Å². The summed E-state index contributed by atoms with van der Waals surface area (Å²) in [5.41, 5.74) is -0.634. The Morgan fingerprint density at radius 1 is 1.33 bits per heavy atom. The summed E-state index contributed by atoms with van der Waals surface area (Å²) in [6.07, 6.45) is -7.59. The van der Waals surface area contributed by atoms with E-state index < -0.39 is 23.7 Å². The molecule has 0 amide bonds. The van der Waals surface area contributed by atoms with Crippen molar-refractivity contribution in [2.45, 2.75) is 12.3 Å². The predicted molar refractivity (Wildman–Crippen MR) is 44.0 cm³/mol. The summed E-state index contributed by atoms with van der Waals surface area (Å²) in [5, 5.41) is 8.92. The number of aliphatic hydroxyl groups excluding tert-OH is 1. The largest absolute Gasteiger partial charge is 0.496 e. The number of rotatable bonds is 2. The van der Waals surface area contributed by atoms with Gasteiger partial charge in [-0.05, 0) is 18.2 Å². The molecule has 0 aromatic heterocycles. The molecule has 0 heterocycles. The van der Waals surface area contributed by atoms with E-state index in [1.54, 1.807) is 0 Å². The second-order valence-corrected chi connectivity index (χ2v) is 2.83. The van der Waals surface area contributed by atoms with Crippen LogP contribution in [0, 0.1) is 5.82 Å². The van der Waals surface area contributed by atoms with Gasteiger partial charge in [0, 0.05) is 5.56 Å². The minimum absolute atomic E-state index is 0.207. The Hall–Kier alpha value is -1.30. The zero-order chi connectivity index (χ0) is 11.6. The van der Waals surface area contributed by atoms with Gasteiger partial charge in [0.2, 0.25) is 0 Å². The van der Waals surface area contributed by atoms with Gasteiger partial charge in [0.05, 0.1) is 7.11 Å². The molecular formula is C9H8F4O2. The minimum atomic E-state index is -4.85. The molecular weight excluding hydrogens is 216 g/mol. The van der Waals surface area contributed by atoms with E-state index in [2.05, 4.69) is 4.74 Å². The fraction of sp³-hybridized carbons (Fsp3) is 0.333. The van der Waals surface area contributed by atoms with Crippen molar-refractivity contribution in [3.05, 3.63) is 29.6 Å². The lowest BCUT2D eigenvalue weighted by molar-refractivity contribution is -0.207. The van der Waals surface area contributed by atoms with Gasteiger partial charge < -0.3 is 9.84 Å². The third-order valence-corrected chi connectivity index (χ3v) is 1.80. The van der Waals surface area contributed by atoms with Crippen LogP contribution in [0.3, 0.4) is 0 Å². The van der Waals surface area contributed by atoms with Crippen molar-refractivity contribution < 1.29 is 27.4 Å². The van der Waals surface area contributed by atoms with Crippen LogP contribution < -0.4 is 4.74 Å². The topological polar surface area (TPSA) is 29.5 Å². The van der Waals surface area contributed by atoms with Crippen molar-refractivity contribution in [1.29, 1.82) is 0 Å². The van der Waals surface area contributed by atoms with Crippen molar-refractivity contribution >= 4 is 0 Å². The number of benzene rings is 1. The lowest BCUT2D eigenvalue weighted by Gasteiger charge is -2.17. The molecule has 1 N–H and O–H groups in total. The van der Waals surface area contributed by atoms with Gasteiger partial charge in [-0.1, -0.05) is 0 Å². The van der Waals surface area contributed by atoms with Crippen LogP contribution in [0.2, 0.25) is 0 Å². The third kappa shape index (κ3) is 2.59. The van der Waals surface area contributed by atoms with Gasteiger partial charge in [-0.15, -0.1) is 0 Å². The molecule has 0 saturated heterocycles. The number of alkyl halides is 3. The van der Waals surface area contributed by atoms with Crippen LogP contribution in [0.4, 0.5) is 17.6 Å². The average molecular weight is 224 g/mol. The number of hydrogen-bond acceptors (Lipinski definition) is 2. The van der Waals surface area contributed by atoms with Crippen molar-refractivity contribution in [1.82, 2.24) is 0 Å². The summed E-state index contributed by atoms with van der Waals surface area (Å²) in [6, 6.07) is 2.57. The first-order valence-corrected chi connectivity index (χ1v) is 3.94. The van der Waals surface area contributed by atoms with Gasteiger partial charge >= 0.3 is 6.18 Å². The SMILES string of the molecule is COc1ccc(F)cc1C(O)C(F)(F)F. The van der Waals surface area contributed by atoms with E-state index >= 15 is 0 Å². The van der Waals surface area contributed by atoms with Crippen LogP contribution in [0.15, 0.2) is 18.2 Å². The molecule has 0 aliphatic heterocycles. The van der Waals surface area contributed by atoms with Gasteiger partial charge in [-0.2, -0.15) is 13.2 Å². The number of hydrogen-bond donors (Lipinski definition) is 1. The van der Waals surface area contributed by atoms with Crippen LogP contribution in [-0.2, 0) is 0 Å². The summed E-state index contributed by atoms with van der Waals surface area (Å²) in [7, 11) is 1.14. The Kier molecular flexibility index (Phi) is 3.18. The Morgan fingerprint density at radius 2 is 1.93 bits per heavy atom. The molecule has 1 unspecified atom stereocenters. The van der Waals surface area contributed by atoms with Gasteiger partial charge in [-0.25, -0.2) is 4.39 Å². The molecule has 0 aliphatic rings. The van der Waals surface area contributed by atoms with E-state index in [-0.39, 0.29) is 5.75 Å². The molecule has 0 bridgehead atoms. The molecule has 1 aromatic carbocycles. The van der Waals surface area contributed by atoms with Crippen molar-refractivity contribution in [3.63, 3.8) is 0 Å². The van der Waals surface area contributed by atoms with Gasteiger partial charge in [0.1, 0.15) is 11.6 Å². The van der Waals surface area contributed by atoms with E-state index in [4.69, 9.17) is 5.11 Å². The van der Waals surface area contributed by atoms with E-state index in [1.165, 1.54) is 0 Å². The van der Waals surface area contributed by atoms with Crippen LogP contribution >= 0.6 is 0 Å². The molecule has 0 saturated carbocycles. The average Bonchev–Trinajstić information content (AvgIpc) is 2.15. The third-order valence-electron chi connectivity index (χ3n) is 1.80. The summed E-state index contributed by atoms with van der Waals surface area (Å²) in [4.78, 5) is 0. The fourth-order valence-corrected chi connectivity index (χ4v) is 1.10. The normalized spacial score (nSPS) is 13.7. The molecule has 1 atom stereocenters. The molecule has 0 fully saturated rings. The van der Waals surface area contributed by atoms with Crippen LogP contribution in [0.1, 0.15) is 11.7 Å². The smallest absolute Gasteiger partial charge is 0.418 e.